The van der Waals surface area contributed by atoms with Gasteiger partial charge in [-0.15, -0.1) is 0 Å². The summed E-state index contributed by atoms with van der Waals surface area (Å²) in [5.41, 5.74) is 2.95. The van der Waals surface area contributed by atoms with Gasteiger partial charge < -0.3 is 9.94 Å². The maximum absolute atomic E-state index is 8.63. The summed E-state index contributed by atoms with van der Waals surface area (Å²) in [6.45, 7) is 2.42. The molecule has 0 spiro atoms. The smallest absolute Gasteiger partial charge is 0.119 e. The zero-order valence-electron chi connectivity index (χ0n) is 11.8. The van der Waals surface area contributed by atoms with E-state index in [1.165, 1.54) is 5.56 Å². The number of nitrogens with zero attached hydrogens (tertiary/aromatic N) is 3. The third kappa shape index (κ3) is 4.12. The van der Waals surface area contributed by atoms with Crippen LogP contribution in [0.1, 0.15) is 18.1 Å². The van der Waals surface area contributed by atoms with E-state index in [0.29, 0.717) is 18.7 Å². The van der Waals surface area contributed by atoms with Crippen molar-refractivity contribution in [2.45, 2.75) is 19.8 Å². The zero-order chi connectivity index (χ0) is 14.4. The molecule has 1 heterocycles. The van der Waals surface area contributed by atoms with Crippen LogP contribution in [0.3, 0.4) is 0 Å². The molecular formula is C15H19N3O2. The molecule has 1 aromatic heterocycles. The van der Waals surface area contributed by atoms with Crippen molar-refractivity contribution in [3.63, 3.8) is 0 Å². The van der Waals surface area contributed by atoms with Gasteiger partial charge in [-0.25, -0.2) is 0 Å². The molecule has 5 nitrogen and oxygen atoms in total. The minimum Gasteiger partial charge on any atom is -0.493 e. The van der Waals surface area contributed by atoms with Crippen LogP contribution in [0.5, 0.6) is 5.75 Å². The summed E-state index contributed by atoms with van der Waals surface area (Å²) in [7, 11) is 1.90. The van der Waals surface area contributed by atoms with Gasteiger partial charge in [0.25, 0.3) is 0 Å². The molecular weight excluding hydrogens is 254 g/mol. The van der Waals surface area contributed by atoms with Gasteiger partial charge in [-0.2, -0.15) is 5.10 Å². The first-order valence-corrected chi connectivity index (χ1v) is 6.54. The first-order valence-electron chi connectivity index (χ1n) is 6.54. The van der Waals surface area contributed by atoms with Crippen molar-refractivity contribution < 1.29 is 9.94 Å². The predicted octanol–water partition coefficient (Wildman–Crippen LogP) is 2.43. The molecule has 2 aromatic rings. The summed E-state index contributed by atoms with van der Waals surface area (Å²) in [6, 6.07) is 7.83. The normalized spacial score (nSPS) is 11.6. The molecule has 0 saturated heterocycles. The average molecular weight is 273 g/mol. The van der Waals surface area contributed by atoms with Gasteiger partial charge in [-0.3, -0.25) is 4.68 Å². The number of aryl methyl sites for hydroxylation is 1. The van der Waals surface area contributed by atoms with Crippen molar-refractivity contribution in [1.82, 2.24) is 9.78 Å². The lowest BCUT2D eigenvalue weighted by molar-refractivity contribution is 0.317. The maximum Gasteiger partial charge on any atom is 0.119 e. The van der Waals surface area contributed by atoms with Gasteiger partial charge in [0, 0.05) is 26.1 Å². The second kappa shape index (κ2) is 6.75. The van der Waals surface area contributed by atoms with E-state index in [4.69, 9.17) is 9.94 Å². The van der Waals surface area contributed by atoms with Crippen LogP contribution in [0.15, 0.2) is 41.8 Å². The SMILES string of the molecule is C/C(Cc1ccc(OCCc2cnn(C)c2)cc1)=N/O. The van der Waals surface area contributed by atoms with Gasteiger partial charge in [0.05, 0.1) is 18.5 Å². The molecule has 20 heavy (non-hydrogen) atoms. The third-order valence-electron chi connectivity index (χ3n) is 2.97. The van der Waals surface area contributed by atoms with E-state index in [-0.39, 0.29) is 0 Å². The fraction of sp³-hybridized carbons (Fsp3) is 0.333. The molecule has 1 aromatic carbocycles. The fourth-order valence-corrected chi connectivity index (χ4v) is 1.92. The highest BCUT2D eigenvalue weighted by Crippen LogP contribution is 2.13. The maximum atomic E-state index is 8.63. The van der Waals surface area contributed by atoms with Gasteiger partial charge in [0.2, 0.25) is 0 Å². The lowest BCUT2D eigenvalue weighted by atomic mass is 10.1. The van der Waals surface area contributed by atoms with Crippen molar-refractivity contribution in [1.29, 1.82) is 0 Å². The van der Waals surface area contributed by atoms with Gasteiger partial charge >= 0.3 is 0 Å². The van der Waals surface area contributed by atoms with E-state index in [1.807, 2.05) is 43.7 Å². The Labute approximate surface area is 118 Å². The highest BCUT2D eigenvalue weighted by atomic mass is 16.5. The Morgan fingerprint density at radius 1 is 1.30 bits per heavy atom. The topological polar surface area (TPSA) is 59.6 Å². The van der Waals surface area contributed by atoms with Gasteiger partial charge in [-0.1, -0.05) is 17.3 Å². The monoisotopic (exact) mass is 273 g/mol. The molecule has 0 saturated carbocycles. The third-order valence-corrected chi connectivity index (χ3v) is 2.97. The second-order valence-corrected chi connectivity index (χ2v) is 4.78. The van der Waals surface area contributed by atoms with Crippen LogP contribution in [-0.2, 0) is 19.9 Å². The molecule has 106 valence electrons. The summed E-state index contributed by atoms with van der Waals surface area (Å²) >= 11 is 0. The lowest BCUT2D eigenvalue weighted by Gasteiger charge is -2.06. The average Bonchev–Trinajstić information content (AvgIpc) is 2.86. The minimum atomic E-state index is 0.627. The summed E-state index contributed by atoms with van der Waals surface area (Å²) in [4.78, 5) is 0. The van der Waals surface area contributed by atoms with E-state index < -0.39 is 0 Å². The van der Waals surface area contributed by atoms with Crippen LogP contribution in [0.4, 0.5) is 0 Å². The van der Waals surface area contributed by atoms with Crippen LogP contribution in [0, 0.1) is 0 Å². The largest absolute Gasteiger partial charge is 0.493 e. The number of oxime groups is 1. The number of hydrogen-bond acceptors (Lipinski definition) is 4. The van der Waals surface area contributed by atoms with E-state index in [0.717, 1.165) is 17.7 Å². The van der Waals surface area contributed by atoms with Crippen LogP contribution in [-0.4, -0.2) is 27.3 Å². The Kier molecular flexibility index (Phi) is 4.76. The van der Waals surface area contributed by atoms with E-state index in [1.54, 1.807) is 11.6 Å². The molecule has 0 aliphatic carbocycles. The first kappa shape index (κ1) is 14.1. The van der Waals surface area contributed by atoms with Crippen molar-refractivity contribution >= 4 is 5.71 Å². The quantitative estimate of drug-likeness (QED) is 0.499. The highest BCUT2D eigenvalue weighted by Gasteiger charge is 2.00. The van der Waals surface area contributed by atoms with Crippen LogP contribution < -0.4 is 4.74 Å². The molecule has 0 unspecified atom stereocenters. The summed E-state index contributed by atoms with van der Waals surface area (Å²) in [5, 5.41) is 15.9. The molecule has 2 rings (SSSR count). The number of ether oxygens (including phenoxy) is 1. The standard InChI is InChI=1S/C15H19N3O2/c1-12(17-19)9-13-3-5-15(6-4-13)20-8-7-14-10-16-18(2)11-14/h3-6,10-11,19H,7-9H2,1-2H3/b17-12-. The molecule has 5 heteroatoms. The Balaban J connectivity index is 1.81. The van der Waals surface area contributed by atoms with Gasteiger partial charge in [0.1, 0.15) is 5.75 Å². The zero-order valence-corrected chi connectivity index (χ0v) is 11.8. The van der Waals surface area contributed by atoms with E-state index in [2.05, 4.69) is 10.3 Å². The molecule has 0 amide bonds. The first-order chi connectivity index (χ1) is 9.67. The highest BCUT2D eigenvalue weighted by molar-refractivity contribution is 5.83. The molecule has 0 aliphatic heterocycles. The Bertz CT molecular complexity index is 573. The van der Waals surface area contributed by atoms with E-state index in [9.17, 15) is 0 Å². The minimum absolute atomic E-state index is 0.627. The van der Waals surface area contributed by atoms with Crippen molar-refractivity contribution in [3.05, 3.63) is 47.8 Å². The predicted molar refractivity (Wildman–Crippen MR) is 77.4 cm³/mol. The lowest BCUT2D eigenvalue weighted by Crippen LogP contribution is -2.01. The second-order valence-electron chi connectivity index (χ2n) is 4.78. The van der Waals surface area contributed by atoms with Gasteiger partial charge in [-0.05, 0) is 30.2 Å². The molecule has 0 fully saturated rings. The molecule has 1 N–H and O–H groups in total. The van der Waals surface area contributed by atoms with Crippen LogP contribution in [0.25, 0.3) is 0 Å². The summed E-state index contributed by atoms with van der Waals surface area (Å²) < 4.78 is 7.48. The number of benzene rings is 1. The van der Waals surface area contributed by atoms with Crippen LogP contribution >= 0.6 is 0 Å². The van der Waals surface area contributed by atoms with Crippen molar-refractivity contribution in [2.75, 3.05) is 6.61 Å². The molecule has 0 bridgehead atoms. The summed E-state index contributed by atoms with van der Waals surface area (Å²) in [5.74, 6) is 0.844. The number of rotatable bonds is 6. The Morgan fingerprint density at radius 3 is 2.65 bits per heavy atom. The van der Waals surface area contributed by atoms with Crippen molar-refractivity contribution in [2.24, 2.45) is 12.2 Å². The van der Waals surface area contributed by atoms with E-state index >= 15 is 0 Å². The van der Waals surface area contributed by atoms with Crippen molar-refractivity contribution in [3.8, 4) is 5.75 Å². The fourth-order valence-electron chi connectivity index (χ4n) is 1.92. The molecule has 0 atom stereocenters. The number of aromatic nitrogens is 2. The number of hydrogen-bond donors (Lipinski definition) is 1. The molecule has 0 aliphatic rings. The van der Waals surface area contributed by atoms with Gasteiger partial charge in [0.15, 0.2) is 0 Å². The Morgan fingerprint density at radius 2 is 2.05 bits per heavy atom. The summed E-state index contributed by atoms with van der Waals surface area (Å²) in [6.07, 6.45) is 5.32. The van der Waals surface area contributed by atoms with Crippen LogP contribution in [0.2, 0.25) is 0 Å². The molecule has 0 radical (unpaired) electrons. The Hall–Kier alpha value is -2.30.